The maximum atomic E-state index is 5.99. The minimum absolute atomic E-state index is 0.570. The van der Waals surface area contributed by atoms with Crippen molar-refractivity contribution in [3.8, 4) is 0 Å². The normalized spacial score (nSPS) is 21.3. The van der Waals surface area contributed by atoms with E-state index in [0.29, 0.717) is 11.7 Å². The number of halogens is 1. The number of likely N-dealkylation sites (N-methyl/N-ethyl adjacent to an activating group) is 1. The molecule has 5 nitrogen and oxygen atoms in total. The first-order valence-electron chi connectivity index (χ1n) is 6.41. The molecule has 98 valence electrons. The average Bonchev–Trinajstić information content (AvgIpc) is 3.18. The minimum atomic E-state index is 0.570. The van der Waals surface area contributed by atoms with E-state index in [2.05, 4.69) is 37.8 Å². The zero-order chi connectivity index (χ0) is 12.7. The Morgan fingerprint density at radius 3 is 2.44 bits per heavy atom. The van der Waals surface area contributed by atoms with Crippen molar-refractivity contribution in [3.05, 3.63) is 10.2 Å². The van der Waals surface area contributed by atoms with Gasteiger partial charge in [0.25, 0.3) is 0 Å². The van der Waals surface area contributed by atoms with Gasteiger partial charge >= 0.3 is 0 Å². The highest BCUT2D eigenvalue weighted by molar-refractivity contribution is 9.10. The quantitative estimate of drug-likeness (QED) is 0.896. The largest absolute Gasteiger partial charge is 0.383 e. The molecule has 2 N–H and O–H groups in total. The number of hydrogen-bond donors (Lipinski definition) is 1. The van der Waals surface area contributed by atoms with Crippen molar-refractivity contribution in [2.75, 3.05) is 43.9 Å². The highest BCUT2D eigenvalue weighted by atomic mass is 79.9. The third kappa shape index (κ3) is 2.31. The van der Waals surface area contributed by atoms with Crippen LogP contribution in [0, 0.1) is 0 Å². The molecule has 6 heteroatoms. The van der Waals surface area contributed by atoms with Crippen LogP contribution in [0.4, 0.5) is 11.8 Å². The van der Waals surface area contributed by atoms with Crippen LogP contribution in [0.3, 0.4) is 0 Å². The SMILES string of the molecule is CN1CCN(c2nc(N)c(Br)c(C3CC3)n2)CC1. The summed E-state index contributed by atoms with van der Waals surface area (Å²) < 4.78 is 0.892. The molecule has 1 aromatic heterocycles. The summed E-state index contributed by atoms with van der Waals surface area (Å²) in [5, 5.41) is 0. The Morgan fingerprint density at radius 2 is 1.83 bits per heavy atom. The van der Waals surface area contributed by atoms with Gasteiger partial charge in [0.15, 0.2) is 0 Å². The first kappa shape index (κ1) is 12.2. The van der Waals surface area contributed by atoms with Crippen molar-refractivity contribution in [1.82, 2.24) is 14.9 Å². The zero-order valence-electron chi connectivity index (χ0n) is 10.6. The summed E-state index contributed by atoms with van der Waals surface area (Å²) in [6.07, 6.45) is 2.44. The smallest absolute Gasteiger partial charge is 0.227 e. The summed E-state index contributed by atoms with van der Waals surface area (Å²) in [5.74, 6) is 1.95. The topological polar surface area (TPSA) is 58.3 Å². The maximum absolute atomic E-state index is 5.99. The second kappa shape index (κ2) is 4.66. The lowest BCUT2D eigenvalue weighted by Gasteiger charge is -2.32. The molecule has 0 radical (unpaired) electrons. The van der Waals surface area contributed by atoms with Gasteiger partial charge in [-0.05, 0) is 35.8 Å². The molecule has 0 aromatic carbocycles. The lowest BCUT2D eigenvalue weighted by atomic mass is 10.2. The van der Waals surface area contributed by atoms with Crippen LogP contribution in [0.1, 0.15) is 24.5 Å². The van der Waals surface area contributed by atoms with E-state index in [-0.39, 0.29) is 0 Å². The third-order valence-corrected chi connectivity index (χ3v) is 4.45. The highest BCUT2D eigenvalue weighted by Crippen LogP contribution is 2.43. The maximum Gasteiger partial charge on any atom is 0.227 e. The van der Waals surface area contributed by atoms with Gasteiger partial charge in [0.2, 0.25) is 5.95 Å². The number of aromatic nitrogens is 2. The van der Waals surface area contributed by atoms with Crippen molar-refractivity contribution in [1.29, 1.82) is 0 Å². The van der Waals surface area contributed by atoms with E-state index in [4.69, 9.17) is 10.7 Å². The minimum Gasteiger partial charge on any atom is -0.383 e. The molecule has 3 rings (SSSR count). The fourth-order valence-corrected chi connectivity index (χ4v) is 2.75. The lowest BCUT2D eigenvalue weighted by Crippen LogP contribution is -2.45. The number of nitrogen functional groups attached to an aromatic ring is 1. The highest BCUT2D eigenvalue weighted by Gasteiger charge is 2.30. The van der Waals surface area contributed by atoms with Crippen LogP contribution in [0.5, 0.6) is 0 Å². The lowest BCUT2D eigenvalue weighted by molar-refractivity contribution is 0.311. The fourth-order valence-electron chi connectivity index (χ4n) is 2.24. The van der Waals surface area contributed by atoms with Crippen molar-refractivity contribution in [2.24, 2.45) is 0 Å². The van der Waals surface area contributed by atoms with Gasteiger partial charge < -0.3 is 15.5 Å². The summed E-state index contributed by atoms with van der Waals surface area (Å²) in [6.45, 7) is 4.06. The van der Waals surface area contributed by atoms with Gasteiger partial charge in [0.05, 0.1) is 10.2 Å². The van der Waals surface area contributed by atoms with Crippen LogP contribution in [-0.4, -0.2) is 48.1 Å². The average molecular weight is 312 g/mol. The summed E-state index contributed by atoms with van der Waals surface area (Å²) in [5.41, 5.74) is 7.08. The second-order valence-corrected chi connectivity index (χ2v) is 5.97. The molecule has 0 atom stereocenters. The Bertz CT molecular complexity index is 452. The Morgan fingerprint density at radius 1 is 1.17 bits per heavy atom. The summed E-state index contributed by atoms with van der Waals surface area (Å²) in [6, 6.07) is 0. The van der Waals surface area contributed by atoms with E-state index in [1.54, 1.807) is 0 Å². The third-order valence-electron chi connectivity index (χ3n) is 3.64. The molecule has 1 aliphatic carbocycles. The molecule has 0 spiro atoms. The summed E-state index contributed by atoms with van der Waals surface area (Å²) >= 11 is 3.51. The Kier molecular flexibility index (Phi) is 3.15. The molecule has 0 bridgehead atoms. The van der Waals surface area contributed by atoms with E-state index < -0.39 is 0 Å². The monoisotopic (exact) mass is 311 g/mol. The van der Waals surface area contributed by atoms with Gasteiger partial charge in [-0.2, -0.15) is 4.98 Å². The molecule has 18 heavy (non-hydrogen) atoms. The van der Waals surface area contributed by atoms with Gasteiger partial charge in [-0.1, -0.05) is 0 Å². The van der Waals surface area contributed by atoms with E-state index >= 15 is 0 Å². The first-order chi connectivity index (χ1) is 8.65. The van der Waals surface area contributed by atoms with Crippen LogP contribution in [0.15, 0.2) is 4.47 Å². The molecule has 0 amide bonds. The number of nitrogens with two attached hydrogens (primary N) is 1. The summed E-state index contributed by atoms with van der Waals surface area (Å²) in [7, 11) is 2.14. The molecule has 1 saturated carbocycles. The Hall–Kier alpha value is -0.880. The molecule has 0 unspecified atom stereocenters. The predicted octanol–water partition coefficient (Wildman–Crippen LogP) is 1.45. The molecular formula is C12H18BrN5. The Balaban J connectivity index is 1.87. The van der Waals surface area contributed by atoms with Gasteiger partial charge in [0, 0.05) is 32.1 Å². The number of rotatable bonds is 2. The zero-order valence-corrected chi connectivity index (χ0v) is 12.2. The predicted molar refractivity (Wildman–Crippen MR) is 75.8 cm³/mol. The van der Waals surface area contributed by atoms with Gasteiger partial charge in [-0.15, -0.1) is 0 Å². The molecule has 2 fully saturated rings. The molecule has 1 aromatic rings. The number of nitrogens with zero attached hydrogens (tertiary/aromatic N) is 4. The fraction of sp³-hybridized carbons (Fsp3) is 0.667. The van der Waals surface area contributed by atoms with Crippen LogP contribution in [0.25, 0.3) is 0 Å². The van der Waals surface area contributed by atoms with E-state index in [1.807, 2.05) is 0 Å². The van der Waals surface area contributed by atoms with Crippen molar-refractivity contribution >= 4 is 27.7 Å². The van der Waals surface area contributed by atoms with E-state index in [1.165, 1.54) is 12.8 Å². The van der Waals surface area contributed by atoms with Gasteiger partial charge in [-0.3, -0.25) is 0 Å². The van der Waals surface area contributed by atoms with Crippen molar-refractivity contribution < 1.29 is 0 Å². The van der Waals surface area contributed by atoms with Crippen LogP contribution in [-0.2, 0) is 0 Å². The summed E-state index contributed by atoms with van der Waals surface area (Å²) in [4.78, 5) is 13.7. The van der Waals surface area contributed by atoms with Crippen LogP contribution in [0.2, 0.25) is 0 Å². The van der Waals surface area contributed by atoms with Gasteiger partial charge in [-0.25, -0.2) is 4.98 Å². The molecular weight excluding hydrogens is 294 g/mol. The van der Waals surface area contributed by atoms with E-state index in [9.17, 15) is 0 Å². The number of anilines is 2. The standard InChI is InChI=1S/C12H18BrN5/c1-17-4-6-18(7-5-17)12-15-10(8-2-3-8)9(13)11(14)16-12/h8H,2-7H2,1H3,(H2,14,15,16). The van der Waals surface area contributed by atoms with Crippen LogP contribution >= 0.6 is 15.9 Å². The first-order valence-corrected chi connectivity index (χ1v) is 7.21. The van der Waals surface area contributed by atoms with Crippen molar-refractivity contribution in [2.45, 2.75) is 18.8 Å². The molecule has 2 heterocycles. The number of piperazine rings is 1. The second-order valence-electron chi connectivity index (χ2n) is 5.17. The van der Waals surface area contributed by atoms with Crippen LogP contribution < -0.4 is 10.6 Å². The molecule has 1 aliphatic heterocycles. The van der Waals surface area contributed by atoms with Gasteiger partial charge in [0.1, 0.15) is 5.82 Å². The van der Waals surface area contributed by atoms with E-state index in [0.717, 1.165) is 42.3 Å². The molecule has 2 aliphatic rings. The Labute approximate surface area is 116 Å². The molecule has 1 saturated heterocycles. The number of hydrogen-bond acceptors (Lipinski definition) is 5. The van der Waals surface area contributed by atoms with Crippen molar-refractivity contribution in [3.63, 3.8) is 0 Å².